The third-order valence-corrected chi connectivity index (χ3v) is 1.93. The van der Waals surface area contributed by atoms with Gasteiger partial charge in [0.2, 0.25) is 0 Å². The van der Waals surface area contributed by atoms with Gasteiger partial charge >= 0.3 is 0 Å². The first-order chi connectivity index (χ1) is 4.22. The maximum Gasteiger partial charge on any atom is 0.0714 e. The van der Waals surface area contributed by atoms with Crippen LogP contribution in [0.15, 0.2) is 0 Å². The molecule has 3 heteroatoms. The van der Waals surface area contributed by atoms with E-state index in [9.17, 15) is 0 Å². The molecule has 54 valence electrons. The lowest BCUT2D eigenvalue weighted by molar-refractivity contribution is -0.0557. The molecule has 0 unspecified atom stereocenters. The Morgan fingerprint density at radius 3 is 2.67 bits per heavy atom. The number of nitrogens with two attached hydrogens (primary N) is 1. The summed E-state index contributed by atoms with van der Waals surface area (Å²) in [5, 5.41) is 1.83. The molecule has 0 radical (unpaired) electrons. The summed E-state index contributed by atoms with van der Waals surface area (Å²) in [7, 11) is 0. The molecule has 2 N–H and O–H groups in total. The van der Waals surface area contributed by atoms with Crippen LogP contribution in [0.1, 0.15) is 13.8 Å². The van der Waals surface area contributed by atoms with Crippen molar-refractivity contribution in [3.8, 4) is 0 Å². The average Bonchev–Trinajstić information content (AvgIpc) is 1.83. The summed E-state index contributed by atoms with van der Waals surface area (Å²) in [5.74, 6) is 5.62. The van der Waals surface area contributed by atoms with E-state index in [4.69, 9.17) is 10.6 Å². The highest BCUT2D eigenvalue weighted by atomic mass is 16.5. The molecule has 0 bridgehead atoms. The zero-order valence-corrected chi connectivity index (χ0v) is 6.00. The second kappa shape index (κ2) is 2.64. The lowest BCUT2D eigenvalue weighted by atomic mass is 10.2. The summed E-state index contributed by atoms with van der Waals surface area (Å²) in [4.78, 5) is 0. The first-order valence-electron chi connectivity index (χ1n) is 3.35. The topological polar surface area (TPSA) is 38.5 Å². The van der Waals surface area contributed by atoms with E-state index in [1.807, 2.05) is 11.9 Å². The molecule has 3 nitrogen and oxygen atoms in total. The fourth-order valence-corrected chi connectivity index (χ4v) is 0.957. The Bertz CT molecular complexity index is 87.1. The van der Waals surface area contributed by atoms with Gasteiger partial charge in [-0.2, -0.15) is 0 Å². The first-order valence-corrected chi connectivity index (χ1v) is 3.35. The van der Waals surface area contributed by atoms with Crippen molar-refractivity contribution in [1.82, 2.24) is 5.01 Å². The van der Waals surface area contributed by atoms with Crippen LogP contribution in [-0.2, 0) is 4.74 Å². The molecule has 0 amide bonds. The van der Waals surface area contributed by atoms with Crippen LogP contribution in [0.5, 0.6) is 0 Å². The quantitative estimate of drug-likeness (QED) is 0.468. The second-order valence-corrected chi connectivity index (χ2v) is 2.55. The van der Waals surface area contributed by atoms with Crippen LogP contribution in [0.25, 0.3) is 0 Å². The molecule has 1 fully saturated rings. The zero-order chi connectivity index (χ0) is 6.85. The van der Waals surface area contributed by atoms with Gasteiger partial charge in [0.25, 0.3) is 0 Å². The van der Waals surface area contributed by atoms with Gasteiger partial charge in [0.15, 0.2) is 0 Å². The SMILES string of the molecule is C[C@@H]1[C@@H](C)OCCN1N. The molecule has 9 heavy (non-hydrogen) atoms. The van der Waals surface area contributed by atoms with Crippen LogP contribution < -0.4 is 5.84 Å². The Balaban J connectivity index is 2.41. The fourth-order valence-electron chi connectivity index (χ4n) is 0.957. The molecule has 1 aliphatic rings. The predicted octanol–water partition coefficient (Wildman–Crippen LogP) is -0.0307. The summed E-state index contributed by atoms with van der Waals surface area (Å²) in [5.41, 5.74) is 0. The van der Waals surface area contributed by atoms with Crippen LogP contribution >= 0.6 is 0 Å². The van der Waals surface area contributed by atoms with E-state index in [0.29, 0.717) is 6.04 Å². The van der Waals surface area contributed by atoms with Gasteiger partial charge in [-0.15, -0.1) is 0 Å². The van der Waals surface area contributed by atoms with Crippen molar-refractivity contribution in [1.29, 1.82) is 0 Å². The molecule has 0 aromatic rings. The van der Waals surface area contributed by atoms with E-state index < -0.39 is 0 Å². The molecule has 0 spiro atoms. The molecular weight excluding hydrogens is 116 g/mol. The Morgan fingerprint density at radius 1 is 1.56 bits per heavy atom. The molecule has 0 saturated carbocycles. The van der Waals surface area contributed by atoms with E-state index in [2.05, 4.69) is 6.92 Å². The maximum atomic E-state index is 5.62. The van der Waals surface area contributed by atoms with Crippen molar-refractivity contribution in [2.45, 2.75) is 26.0 Å². The fraction of sp³-hybridized carbons (Fsp3) is 1.00. The third kappa shape index (κ3) is 1.41. The summed E-state index contributed by atoms with van der Waals surface area (Å²) in [6.07, 6.45) is 0.281. The van der Waals surface area contributed by atoms with Crippen molar-refractivity contribution in [2.75, 3.05) is 13.2 Å². The number of hydrogen-bond acceptors (Lipinski definition) is 3. The van der Waals surface area contributed by atoms with Crippen molar-refractivity contribution < 1.29 is 4.74 Å². The molecule has 0 aromatic heterocycles. The monoisotopic (exact) mass is 130 g/mol. The molecule has 1 saturated heterocycles. The van der Waals surface area contributed by atoms with E-state index in [0.717, 1.165) is 13.2 Å². The van der Waals surface area contributed by atoms with Gasteiger partial charge < -0.3 is 4.74 Å². The summed E-state index contributed by atoms with van der Waals surface area (Å²) in [6, 6.07) is 0.360. The Morgan fingerprint density at radius 2 is 2.22 bits per heavy atom. The summed E-state index contributed by atoms with van der Waals surface area (Å²) in [6.45, 7) is 5.74. The minimum absolute atomic E-state index is 0.281. The maximum absolute atomic E-state index is 5.62. The molecular formula is C6H14N2O. The Hall–Kier alpha value is -0.120. The van der Waals surface area contributed by atoms with Gasteiger partial charge in [-0.05, 0) is 13.8 Å². The number of rotatable bonds is 0. The van der Waals surface area contributed by atoms with E-state index in [1.54, 1.807) is 0 Å². The minimum Gasteiger partial charge on any atom is -0.375 e. The minimum atomic E-state index is 0.281. The summed E-state index contributed by atoms with van der Waals surface area (Å²) >= 11 is 0. The van der Waals surface area contributed by atoms with Gasteiger partial charge in [-0.1, -0.05) is 0 Å². The lowest BCUT2D eigenvalue weighted by Crippen LogP contribution is -2.51. The third-order valence-electron chi connectivity index (χ3n) is 1.93. The normalized spacial score (nSPS) is 39.0. The van der Waals surface area contributed by atoms with Crippen molar-refractivity contribution >= 4 is 0 Å². The molecule has 1 heterocycles. The molecule has 0 aliphatic carbocycles. The van der Waals surface area contributed by atoms with Crippen molar-refractivity contribution in [3.63, 3.8) is 0 Å². The largest absolute Gasteiger partial charge is 0.375 e. The van der Waals surface area contributed by atoms with E-state index >= 15 is 0 Å². The Labute approximate surface area is 55.7 Å². The Kier molecular flexibility index (Phi) is 2.05. The molecule has 2 atom stereocenters. The number of hydrazine groups is 1. The van der Waals surface area contributed by atoms with E-state index in [1.165, 1.54) is 0 Å². The molecule has 1 rings (SSSR count). The summed E-state index contributed by atoms with van der Waals surface area (Å²) < 4.78 is 5.34. The number of ether oxygens (including phenoxy) is 1. The smallest absolute Gasteiger partial charge is 0.0714 e. The highest BCUT2D eigenvalue weighted by molar-refractivity contribution is 4.72. The van der Waals surface area contributed by atoms with Crippen LogP contribution in [0, 0.1) is 0 Å². The molecule has 1 aliphatic heterocycles. The predicted molar refractivity (Wildman–Crippen MR) is 35.8 cm³/mol. The van der Waals surface area contributed by atoms with Gasteiger partial charge in [-0.25, -0.2) is 5.01 Å². The standard InChI is InChI=1S/C6H14N2O/c1-5-6(2)9-4-3-8(5)7/h5-6H,3-4,7H2,1-2H3/t5-,6-/m1/s1. The number of hydrogen-bond donors (Lipinski definition) is 1. The van der Waals surface area contributed by atoms with Gasteiger partial charge in [0.05, 0.1) is 12.7 Å². The van der Waals surface area contributed by atoms with Crippen molar-refractivity contribution in [3.05, 3.63) is 0 Å². The zero-order valence-electron chi connectivity index (χ0n) is 6.00. The average molecular weight is 130 g/mol. The van der Waals surface area contributed by atoms with Crippen LogP contribution in [0.3, 0.4) is 0 Å². The molecule has 0 aromatic carbocycles. The van der Waals surface area contributed by atoms with Gasteiger partial charge in [-0.3, -0.25) is 5.84 Å². The van der Waals surface area contributed by atoms with Crippen LogP contribution in [0.4, 0.5) is 0 Å². The first kappa shape index (κ1) is 6.99. The van der Waals surface area contributed by atoms with Gasteiger partial charge in [0, 0.05) is 12.6 Å². The number of morpholine rings is 1. The lowest BCUT2D eigenvalue weighted by Gasteiger charge is -2.34. The van der Waals surface area contributed by atoms with Crippen LogP contribution in [-0.4, -0.2) is 30.3 Å². The van der Waals surface area contributed by atoms with E-state index in [-0.39, 0.29) is 6.10 Å². The van der Waals surface area contributed by atoms with Crippen LogP contribution in [0.2, 0.25) is 0 Å². The number of nitrogens with zero attached hydrogens (tertiary/aromatic N) is 1. The highest BCUT2D eigenvalue weighted by Crippen LogP contribution is 2.08. The van der Waals surface area contributed by atoms with Gasteiger partial charge in [0.1, 0.15) is 0 Å². The second-order valence-electron chi connectivity index (χ2n) is 2.55. The highest BCUT2D eigenvalue weighted by Gasteiger charge is 2.22. The van der Waals surface area contributed by atoms with Crippen molar-refractivity contribution in [2.24, 2.45) is 5.84 Å².